The summed E-state index contributed by atoms with van der Waals surface area (Å²) in [5, 5.41) is -0.267. The maximum Gasteiger partial charge on any atom is 0.288 e. The molecule has 0 N–H and O–H groups in total. The summed E-state index contributed by atoms with van der Waals surface area (Å²) in [4.78, 5) is 10.6. The Morgan fingerprint density at radius 3 is 2.23 bits per heavy atom. The Kier molecular flexibility index (Phi) is 8.87. The fraction of sp³-hybridized carbons (Fsp3) is 0.889. The van der Waals surface area contributed by atoms with Crippen LogP contribution in [0.3, 0.4) is 0 Å². The molecular weight excluding hydrogens is 202 g/mol. The monoisotopic (exact) mass is 221 g/mol. The van der Waals surface area contributed by atoms with Gasteiger partial charge in [0.2, 0.25) is 0 Å². The zero-order valence-corrected chi connectivity index (χ0v) is 9.99. The molecule has 0 rings (SSSR count). The summed E-state index contributed by atoms with van der Waals surface area (Å²) in [6, 6.07) is 0. The number of hydrogen-bond donors (Lipinski definition) is 2. The van der Waals surface area contributed by atoms with Crippen LogP contribution in [0.2, 0.25) is 0 Å². The molecule has 4 heteroatoms. The van der Waals surface area contributed by atoms with Crippen molar-refractivity contribution in [3.8, 4) is 0 Å². The summed E-state index contributed by atoms with van der Waals surface area (Å²) in [6.07, 6.45) is 7.36. The molecule has 0 spiro atoms. The molecule has 0 aliphatic heterocycles. The van der Waals surface area contributed by atoms with Crippen LogP contribution in [0, 0.1) is 0 Å². The standard InChI is InChI=1S/C9H19NOS2/c1-2-3-4-5-6-7-8-10(13)9(11)12/h13H,2-8H2,1H3,(H,11,12). The van der Waals surface area contributed by atoms with E-state index in [9.17, 15) is 4.79 Å². The molecule has 1 amide bonds. The van der Waals surface area contributed by atoms with Crippen LogP contribution >= 0.6 is 25.4 Å². The Hall–Kier alpha value is 0.170. The molecule has 0 aromatic heterocycles. The zero-order chi connectivity index (χ0) is 10.1. The van der Waals surface area contributed by atoms with Gasteiger partial charge in [0.1, 0.15) is 0 Å². The van der Waals surface area contributed by atoms with Crippen molar-refractivity contribution >= 4 is 30.7 Å². The van der Waals surface area contributed by atoms with Crippen molar-refractivity contribution in [2.45, 2.75) is 45.4 Å². The maximum atomic E-state index is 10.6. The minimum absolute atomic E-state index is 0.267. The molecule has 0 heterocycles. The molecule has 0 radical (unpaired) electrons. The number of carbonyl (C=O) groups excluding carboxylic acids is 1. The van der Waals surface area contributed by atoms with E-state index in [4.69, 9.17) is 0 Å². The number of amides is 1. The molecule has 0 aromatic rings. The van der Waals surface area contributed by atoms with Crippen LogP contribution in [0.4, 0.5) is 4.79 Å². The first-order valence-electron chi connectivity index (χ1n) is 4.87. The average molecular weight is 221 g/mol. The minimum atomic E-state index is -0.267. The van der Waals surface area contributed by atoms with Crippen LogP contribution in [0.25, 0.3) is 0 Å². The first kappa shape index (κ1) is 13.2. The number of unbranched alkanes of at least 4 members (excludes halogenated alkanes) is 5. The van der Waals surface area contributed by atoms with E-state index in [1.165, 1.54) is 36.4 Å². The first-order chi connectivity index (χ1) is 6.18. The van der Waals surface area contributed by atoms with Gasteiger partial charge < -0.3 is 0 Å². The van der Waals surface area contributed by atoms with E-state index < -0.39 is 0 Å². The van der Waals surface area contributed by atoms with Crippen LogP contribution in [-0.2, 0) is 0 Å². The van der Waals surface area contributed by atoms with Crippen molar-refractivity contribution in [2.75, 3.05) is 6.54 Å². The van der Waals surface area contributed by atoms with Gasteiger partial charge in [-0.25, -0.2) is 0 Å². The molecular formula is C9H19NOS2. The second-order valence-corrected chi connectivity index (χ2v) is 4.04. The summed E-state index contributed by atoms with van der Waals surface area (Å²) in [7, 11) is 0. The lowest BCUT2D eigenvalue weighted by Crippen LogP contribution is -2.15. The van der Waals surface area contributed by atoms with Gasteiger partial charge in [-0.2, -0.15) is 0 Å². The van der Waals surface area contributed by atoms with Crippen LogP contribution in [0.1, 0.15) is 45.4 Å². The number of rotatable bonds is 7. The molecule has 13 heavy (non-hydrogen) atoms. The lowest BCUT2D eigenvalue weighted by molar-refractivity contribution is 0.248. The largest absolute Gasteiger partial charge is 0.288 e. The molecule has 2 nitrogen and oxygen atoms in total. The highest BCUT2D eigenvalue weighted by molar-refractivity contribution is 7.98. The van der Waals surface area contributed by atoms with E-state index in [1.807, 2.05) is 0 Å². The molecule has 78 valence electrons. The summed E-state index contributed by atoms with van der Waals surface area (Å²) in [5.41, 5.74) is 0. The minimum Gasteiger partial charge on any atom is -0.280 e. The smallest absolute Gasteiger partial charge is 0.280 e. The highest BCUT2D eigenvalue weighted by Gasteiger charge is 2.02. The Bertz CT molecular complexity index is 142. The van der Waals surface area contributed by atoms with Gasteiger partial charge in [-0.3, -0.25) is 9.10 Å². The SMILES string of the molecule is CCCCCCCCN(S)C(=O)S. The van der Waals surface area contributed by atoms with Crippen LogP contribution in [0.5, 0.6) is 0 Å². The quantitative estimate of drug-likeness (QED) is 0.498. The van der Waals surface area contributed by atoms with Crippen molar-refractivity contribution in [3.63, 3.8) is 0 Å². The Labute approximate surface area is 92.0 Å². The third kappa shape index (κ3) is 8.50. The molecule has 0 bridgehead atoms. The van der Waals surface area contributed by atoms with E-state index in [0.717, 1.165) is 6.42 Å². The van der Waals surface area contributed by atoms with E-state index in [2.05, 4.69) is 32.4 Å². The maximum absolute atomic E-state index is 10.6. The predicted molar refractivity (Wildman–Crippen MR) is 63.5 cm³/mol. The summed E-state index contributed by atoms with van der Waals surface area (Å²) in [6.45, 7) is 2.91. The highest BCUT2D eigenvalue weighted by Crippen LogP contribution is 2.07. The second kappa shape index (κ2) is 8.75. The van der Waals surface area contributed by atoms with Crippen molar-refractivity contribution in [3.05, 3.63) is 0 Å². The number of carbonyl (C=O) groups is 1. The summed E-state index contributed by atoms with van der Waals surface area (Å²) >= 11 is 7.64. The molecule has 0 unspecified atom stereocenters. The fourth-order valence-electron chi connectivity index (χ4n) is 1.14. The lowest BCUT2D eigenvalue weighted by atomic mass is 10.1. The third-order valence-electron chi connectivity index (χ3n) is 1.94. The van der Waals surface area contributed by atoms with Gasteiger partial charge in [0.25, 0.3) is 5.24 Å². The van der Waals surface area contributed by atoms with E-state index in [0.29, 0.717) is 6.54 Å². The molecule has 0 fully saturated rings. The summed E-state index contributed by atoms with van der Waals surface area (Å²) in [5.74, 6) is 0. The van der Waals surface area contributed by atoms with Crippen LogP contribution < -0.4 is 0 Å². The lowest BCUT2D eigenvalue weighted by Gasteiger charge is -2.11. The van der Waals surface area contributed by atoms with Gasteiger partial charge in [0, 0.05) is 6.54 Å². The van der Waals surface area contributed by atoms with Crippen molar-refractivity contribution in [1.82, 2.24) is 4.31 Å². The molecule has 0 saturated carbocycles. The Morgan fingerprint density at radius 1 is 1.15 bits per heavy atom. The number of nitrogens with zero attached hydrogens (tertiary/aromatic N) is 1. The van der Waals surface area contributed by atoms with Crippen molar-refractivity contribution in [2.24, 2.45) is 0 Å². The van der Waals surface area contributed by atoms with Crippen molar-refractivity contribution < 1.29 is 4.79 Å². The van der Waals surface area contributed by atoms with Crippen LogP contribution in [0.15, 0.2) is 0 Å². The highest BCUT2D eigenvalue weighted by atomic mass is 32.1. The van der Waals surface area contributed by atoms with Gasteiger partial charge in [0.15, 0.2) is 0 Å². The van der Waals surface area contributed by atoms with E-state index in [-0.39, 0.29) is 5.24 Å². The van der Waals surface area contributed by atoms with Gasteiger partial charge >= 0.3 is 0 Å². The van der Waals surface area contributed by atoms with Gasteiger partial charge in [-0.1, -0.05) is 64.5 Å². The van der Waals surface area contributed by atoms with Crippen molar-refractivity contribution in [1.29, 1.82) is 0 Å². The topological polar surface area (TPSA) is 20.3 Å². The average Bonchev–Trinajstić information content (AvgIpc) is 2.10. The van der Waals surface area contributed by atoms with E-state index >= 15 is 0 Å². The molecule has 0 saturated heterocycles. The fourth-order valence-corrected chi connectivity index (χ4v) is 1.38. The zero-order valence-electron chi connectivity index (χ0n) is 8.20. The number of hydrogen-bond acceptors (Lipinski definition) is 2. The molecule has 0 atom stereocenters. The molecule has 0 aliphatic rings. The second-order valence-electron chi connectivity index (χ2n) is 3.17. The van der Waals surface area contributed by atoms with E-state index in [1.54, 1.807) is 0 Å². The van der Waals surface area contributed by atoms with Gasteiger partial charge in [-0.05, 0) is 6.42 Å². The van der Waals surface area contributed by atoms with Gasteiger partial charge in [-0.15, -0.1) is 0 Å². The van der Waals surface area contributed by atoms with Gasteiger partial charge in [0.05, 0.1) is 0 Å². The van der Waals surface area contributed by atoms with Crippen LogP contribution in [-0.4, -0.2) is 16.1 Å². The normalized spacial score (nSPS) is 10.1. The Morgan fingerprint density at radius 2 is 1.69 bits per heavy atom. The summed E-state index contributed by atoms with van der Waals surface area (Å²) < 4.78 is 1.35. The molecule has 0 aliphatic carbocycles. The first-order valence-corrected chi connectivity index (χ1v) is 5.72. The Balaban J connectivity index is 3.11. The number of thiol groups is 2. The predicted octanol–water partition coefficient (Wildman–Crippen LogP) is 3.54. The molecule has 0 aromatic carbocycles. The third-order valence-corrected chi connectivity index (χ3v) is 2.73.